The van der Waals surface area contributed by atoms with Crippen LogP contribution in [0.3, 0.4) is 0 Å². The van der Waals surface area contributed by atoms with Crippen LogP contribution in [0.1, 0.15) is 24.5 Å². The van der Waals surface area contributed by atoms with Crippen molar-refractivity contribution >= 4 is 18.0 Å². The average molecular weight is 324 g/mol. The van der Waals surface area contributed by atoms with Crippen molar-refractivity contribution in [2.45, 2.75) is 20.3 Å². The van der Waals surface area contributed by atoms with Crippen LogP contribution in [0.5, 0.6) is 0 Å². The Balaban J connectivity index is 2.19. The second-order valence-electron chi connectivity index (χ2n) is 5.94. The van der Waals surface area contributed by atoms with Crippen LogP contribution in [0.15, 0.2) is 53.5 Å². The number of aldehydes is 1. The lowest BCUT2D eigenvalue weighted by Gasteiger charge is -2.28. The zero-order valence-electron chi connectivity index (χ0n) is 13.7. The van der Waals surface area contributed by atoms with E-state index in [1.807, 2.05) is 55.2 Å². The Morgan fingerprint density at radius 2 is 1.96 bits per heavy atom. The number of nitrogens with two attached hydrogens (primary N) is 1. The number of aryl methyl sites for hydroxylation is 1. The predicted molar refractivity (Wildman–Crippen MR) is 91.9 cm³/mol. The van der Waals surface area contributed by atoms with Crippen molar-refractivity contribution in [1.82, 2.24) is 15.2 Å². The van der Waals surface area contributed by atoms with E-state index in [2.05, 4.69) is 5.43 Å². The monoisotopic (exact) mass is 324 g/mol. The van der Waals surface area contributed by atoms with E-state index in [-0.39, 0.29) is 6.42 Å². The van der Waals surface area contributed by atoms with Gasteiger partial charge < -0.3 is 9.69 Å². The number of nitrogens with zero attached hydrogens (tertiary/aromatic N) is 2. The van der Waals surface area contributed by atoms with Crippen molar-refractivity contribution in [1.29, 1.82) is 0 Å². The molecule has 2 heterocycles. The molecule has 2 amide bonds. The number of nitrogens with one attached hydrogen (secondary N) is 1. The molecule has 6 heteroatoms. The van der Waals surface area contributed by atoms with E-state index in [0.717, 1.165) is 28.7 Å². The molecule has 0 aromatic heterocycles. The molecular formula is C18H20N4O2. The number of benzene rings is 1. The Kier molecular flexibility index (Phi) is 4.22. The molecule has 0 radical (unpaired) electrons. The van der Waals surface area contributed by atoms with Gasteiger partial charge in [0.15, 0.2) is 0 Å². The summed E-state index contributed by atoms with van der Waals surface area (Å²) in [5.41, 5.74) is 6.84. The Labute approximate surface area is 140 Å². The minimum Gasteiger partial charge on any atom is -0.324 e. The van der Waals surface area contributed by atoms with Crippen LogP contribution in [0.25, 0.3) is 5.70 Å². The molecule has 2 aliphatic rings. The number of urea groups is 1. The van der Waals surface area contributed by atoms with Gasteiger partial charge in [-0.2, -0.15) is 0 Å². The lowest BCUT2D eigenvalue weighted by Crippen LogP contribution is -2.42. The molecule has 0 spiro atoms. The molecule has 2 aliphatic heterocycles. The molecule has 0 aliphatic carbocycles. The second kappa shape index (κ2) is 6.33. The Hall–Kier alpha value is -2.86. The summed E-state index contributed by atoms with van der Waals surface area (Å²) >= 11 is 0. The van der Waals surface area contributed by atoms with Crippen molar-refractivity contribution in [3.63, 3.8) is 0 Å². The van der Waals surface area contributed by atoms with Crippen LogP contribution in [-0.2, 0) is 4.79 Å². The number of carbonyl (C=O) groups excluding carboxylic acids is 2. The minimum atomic E-state index is -0.435. The summed E-state index contributed by atoms with van der Waals surface area (Å²) in [6.07, 6.45) is 4.93. The summed E-state index contributed by atoms with van der Waals surface area (Å²) in [6, 6.07) is 7.43. The topological polar surface area (TPSA) is 78.7 Å². The number of allylic oxidation sites excluding steroid dienone is 3. The molecular weight excluding hydrogens is 304 g/mol. The first-order valence-electron chi connectivity index (χ1n) is 7.76. The summed E-state index contributed by atoms with van der Waals surface area (Å²) in [4.78, 5) is 27.2. The molecule has 124 valence electrons. The van der Waals surface area contributed by atoms with Crippen LogP contribution in [0.4, 0.5) is 4.79 Å². The van der Waals surface area contributed by atoms with Gasteiger partial charge in [0.05, 0.1) is 11.4 Å². The number of rotatable bonds is 3. The quantitative estimate of drug-likeness (QED) is 0.387. The van der Waals surface area contributed by atoms with E-state index in [1.165, 1.54) is 4.90 Å². The van der Waals surface area contributed by atoms with Crippen molar-refractivity contribution < 1.29 is 9.59 Å². The first kappa shape index (κ1) is 16.0. The predicted octanol–water partition coefficient (Wildman–Crippen LogP) is 2.25. The third-order valence-electron chi connectivity index (χ3n) is 4.18. The standard InChI is InChI=1S/C18H20N4O2/c1-12-3-6-14(7-4-12)17-15(9-10-23)21-11-13(2)5-8-16(21)22(17)18(24)20-19/h3-8,10H,9,11,19H2,1-2H3,(H,20,24). The lowest BCUT2D eigenvalue weighted by atomic mass is 10.1. The number of carbonyl (C=O) groups is 2. The van der Waals surface area contributed by atoms with Crippen LogP contribution in [0.2, 0.25) is 0 Å². The molecule has 0 saturated carbocycles. The molecule has 24 heavy (non-hydrogen) atoms. The number of hydrazine groups is 1. The van der Waals surface area contributed by atoms with Gasteiger partial charge in [-0.05, 0) is 19.9 Å². The largest absolute Gasteiger partial charge is 0.341 e. The summed E-state index contributed by atoms with van der Waals surface area (Å²) in [5, 5.41) is 0. The normalized spacial score (nSPS) is 16.6. The number of hydrogen-bond donors (Lipinski definition) is 2. The molecule has 0 saturated heterocycles. The maximum Gasteiger partial charge on any atom is 0.341 e. The van der Waals surface area contributed by atoms with E-state index in [1.54, 1.807) is 0 Å². The van der Waals surface area contributed by atoms with Gasteiger partial charge >= 0.3 is 6.03 Å². The number of hydrogen-bond acceptors (Lipinski definition) is 4. The van der Waals surface area contributed by atoms with E-state index in [0.29, 0.717) is 18.1 Å². The minimum absolute atomic E-state index is 0.224. The van der Waals surface area contributed by atoms with Gasteiger partial charge in [-0.1, -0.05) is 41.5 Å². The molecule has 1 aromatic carbocycles. The van der Waals surface area contributed by atoms with Gasteiger partial charge in [0.25, 0.3) is 0 Å². The Morgan fingerprint density at radius 3 is 2.58 bits per heavy atom. The third kappa shape index (κ3) is 2.61. The van der Waals surface area contributed by atoms with Gasteiger partial charge in [0, 0.05) is 18.5 Å². The van der Waals surface area contributed by atoms with Gasteiger partial charge in [-0.3, -0.25) is 5.43 Å². The lowest BCUT2D eigenvalue weighted by molar-refractivity contribution is -0.107. The van der Waals surface area contributed by atoms with Crippen molar-refractivity contribution in [3.05, 3.63) is 64.6 Å². The van der Waals surface area contributed by atoms with Crippen LogP contribution >= 0.6 is 0 Å². The molecule has 0 unspecified atom stereocenters. The molecule has 0 atom stereocenters. The van der Waals surface area contributed by atoms with Gasteiger partial charge in [-0.15, -0.1) is 0 Å². The van der Waals surface area contributed by atoms with E-state index < -0.39 is 6.03 Å². The zero-order valence-corrected chi connectivity index (χ0v) is 13.7. The number of amides is 2. The first-order chi connectivity index (χ1) is 11.6. The fraction of sp³-hybridized carbons (Fsp3) is 0.222. The third-order valence-corrected chi connectivity index (χ3v) is 4.18. The molecule has 3 rings (SSSR count). The van der Waals surface area contributed by atoms with Crippen LogP contribution in [0, 0.1) is 6.92 Å². The maximum absolute atomic E-state index is 12.4. The van der Waals surface area contributed by atoms with Gasteiger partial charge in [-0.25, -0.2) is 15.5 Å². The summed E-state index contributed by atoms with van der Waals surface area (Å²) in [6.45, 7) is 4.66. The van der Waals surface area contributed by atoms with Gasteiger partial charge in [0.2, 0.25) is 0 Å². The fourth-order valence-corrected chi connectivity index (χ4v) is 3.05. The highest BCUT2D eigenvalue weighted by Gasteiger charge is 2.38. The molecule has 3 N–H and O–H groups in total. The van der Waals surface area contributed by atoms with Crippen LogP contribution < -0.4 is 11.3 Å². The molecule has 0 fully saturated rings. The first-order valence-corrected chi connectivity index (χ1v) is 7.76. The van der Waals surface area contributed by atoms with Crippen molar-refractivity contribution in [3.8, 4) is 0 Å². The second-order valence-corrected chi connectivity index (χ2v) is 5.94. The van der Waals surface area contributed by atoms with Gasteiger partial charge in [0.1, 0.15) is 12.1 Å². The molecule has 6 nitrogen and oxygen atoms in total. The fourth-order valence-electron chi connectivity index (χ4n) is 3.05. The summed E-state index contributed by atoms with van der Waals surface area (Å²) in [7, 11) is 0. The average Bonchev–Trinajstić information content (AvgIpc) is 2.89. The Bertz CT molecular complexity index is 775. The maximum atomic E-state index is 12.4. The van der Waals surface area contributed by atoms with Crippen molar-refractivity contribution in [2.24, 2.45) is 5.84 Å². The smallest absolute Gasteiger partial charge is 0.324 e. The van der Waals surface area contributed by atoms with E-state index in [9.17, 15) is 9.59 Å². The SMILES string of the molecule is CC1=CC=C2N(C1)C(CC=O)=C(c1ccc(C)cc1)N2C(=O)NN. The summed E-state index contributed by atoms with van der Waals surface area (Å²) < 4.78 is 0. The van der Waals surface area contributed by atoms with E-state index in [4.69, 9.17) is 5.84 Å². The Morgan fingerprint density at radius 1 is 1.25 bits per heavy atom. The van der Waals surface area contributed by atoms with Crippen LogP contribution in [-0.4, -0.2) is 28.7 Å². The highest BCUT2D eigenvalue weighted by molar-refractivity contribution is 5.91. The highest BCUT2D eigenvalue weighted by Crippen LogP contribution is 2.41. The van der Waals surface area contributed by atoms with E-state index >= 15 is 0 Å². The highest BCUT2D eigenvalue weighted by atomic mass is 16.2. The van der Waals surface area contributed by atoms with Crippen molar-refractivity contribution in [2.75, 3.05) is 6.54 Å². The zero-order chi connectivity index (χ0) is 17.3. The molecule has 0 bridgehead atoms. The number of fused-ring (bicyclic) bond motifs is 1. The molecule has 1 aromatic rings. The summed E-state index contributed by atoms with van der Waals surface area (Å²) in [5.74, 6) is 6.09.